The van der Waals surface area contributed by atoms with E-state index in [9.17, 15) is 18.0 Å². The number of ether oxygens (including phenoxy) is 2. The van der Waals surface area contributed by atoms with Gasteiger partial charge in [-0.15, -0.1) is 0 Å². The minimum absolute atomic E-state index is 0.0310. The van der Waals surface area contributed by atoms with Crippen LogP contribution in [0.4, 0.5) is 5.69 Å². The van der Waals surface area contributed by atoms with Crippen molar-refractivity contribution in [3.63, 3.8) is 0 Å². The lowest BCUT2D eigenvalue weighted by atomic mass is 10.0. The second-order valence-corrected chi connectivity index (χ2v) is 13.9. The number of hydrogen-bond acceptors (Lipinski definition) is 6. The second kappa shape index (κ2) is 15.2. The summed E-state index contributed by atoms with van der Waals surface area (Å²) in [5.41, 5.74) is 2.94. The quantitative estimate of drug-likeness (QED) is 0.208. The largest absolute Gasteiger partial charge is 0.486 e. The number of aryl methyl sites for hydroxylation is 1. The number of carbonyl (C=O) groups is 2. The average molecular weight is 656 g/mol. The van der Waals surface area contributed by atoms with Crippen LogP contribution < -0.4 is 19.1 Å². The predicted molar refractivity (Wildman–Crippen MR) is 182 cm³/mol. The molecule has 0 aromatic heterocycles. The summed E-state index contributed by atoms with van der Waals surface area (Å²) in [6, 6.07) is 29.1. The van der Waals surface area contributed by atoms with Crippen molar-refractivity contribution in [1.82, 2.24) is 10.2 Å². The molecule has 1 heterocycles. The number of benzene rings is 4. The van der Waals surface area contributed by atoms with Crippen molar-refractivity contribution in [2.45, 2.75) is 44.7 Å². The summed E-state index contributed by atoms with van der Waals surface area (Å²) in [7, 11) is -4.23. The summed E-state index contributed by atoms with van der Waals surface area (Å²) < 4.78 is 41.0. The van der Waals surface area contributed by atoms with Gasteiger partial charge in [0.25, 0.3) is 10.0 Å². The molecule has 0 saturated heterocycles. The highest BCUT2D eigenvalue weighted by Crippen LogP contribution is 2.36. The molecule has 1 aliphatic rings. The molecule has 9 nitrogen and oxygen atoms in total. The smallest absolute Gasteiger partial charge is 0.264 e. The molecule has 4 aromatic carbocycles. The van der Waals surface area contributed by atoms with Crippen LogP contribution in [0.25, 0.3) is 0 Å². The van der Waals surface area contributed by atoms with E-state index in [2.05, 4.69) is 5.32 Å². The predicted octanol–water partition coefficient (Wildman–Crippen LogP) is 5.37. The van der Waals surface area contributed by atoms with E-state index < -0.39 is 28.5 Å². The SMILES string of the molecule is Cc1cccc(CN(C(=O)CN(c2ccc3c(c2)OCCO3)S(=O)(=O)c2ccccc2)[C@H](Cc2ccccc2)C(=O)NCC(C)C)c1. The first kappa shape index (κ1) is 33.5. The van der Waals surface area contributed by atoms with Crippen LogP contribution in [0.2, 0.25) is 0 Å². The van der Waals surface area contributed by atoms with Crippen molar-refractivity contribution in [1.29, 1.82) is 0 Å². The third-order valence-electron chi connectivity index (χ3n) is 7.81. The molecule has 1 atom stereocenters. The zero-order valence-corrected chi connectivity index (χ0v) is 27.8. The van der Waals surface area contributed by atoms with Gasteiger partial charge < -0.3 is 19.7 Å². The van der Waals surface area contributed by atoms with Gasteiger partial charge in [0.1, 0.15) is 25.8 Å². The summed E-state index contributed by atoms with van der Waals surface area (Å²) in [5, 5.41) is 3.02. The molecule has 0 radical (unpaired) electrons. The lowest BCUT2D eigenvalue weighted by molar-refractivity contribution is -0.140. The molecule has 47 heavy (non-hydrogen) atoms. The van der Waals surface area contributed by atoms with Crippen molar-refractivity contribution < 1.29 is 27.5 Å². The Morgan fingerprint density at radius 2 is 1.47 bits per heavy atom. The number of nitrogens with zero attached hydrogens (tertiary/aromatic N) is 2. The Bertz CT molecular complexity index is 1780. The molecule has 2 amide bonds. The number of rotatable bonds is 13. The Hall–Kier alpha value is -4.83. The first-order valence-corrected chi connectivity index (χ1v) is 17.2. The van der Waals surface area contributed by atoms with Gasteiger partial charge >= 0.3 is 0 Å². The lowest BCUT2D eigenvalue weighted by Crippen LogP contribution is -2.53. The van der Waals surface area contributed by atoms with Crippen molar-refractivity contribution in [2.24, 2.45) is 5.92 Å². The van der Waals surface area contributed by atoms with E-state index in [1.165, 1.54) is 17.0 Å². The Kier molecular flexibility index (Phi) is 10.8. The Labute approximate surface area is 277 Å². The number of anilines is 1. The molecular weight excluding hydrogens is 614 g/mol. The van der Waals surface area contributed by atoms with Crippen LogP contribution in [0.1, 0.15) is 30.5 Å². The van der Waals surface area contributed by atoms with Crippen molar-refractivity contribution in [3.05, 3.63) is 120 Å². The molecular formula is C37H41N3O6S. The molecule has 0 bridgehead atoms. The molecule has 0 aliphatic carbocycles. The van der Waals surface area contributed by atoms with Crippen molar-refractivity contribution in [2.75, 3.05) is 30.6 Å². The Morgan fingerprint density at radius 3 is 2.15 bits per heavy atom. The number of carbonyl (C=O) groups excluding carboxylic acids is 2. The fraction of sp³-hybridized carbons (Fsp3) is 0.297. The van der Waals surface area contributed by atoms with Crippen LogP contribution in [0, 0.1) is 12.8 Å². The fourth-order valence-electron chi connectivity index (χ4n) is 5.42. The van der Waals surface area contributed by atoms with E-state index in [-0.39, 0.29) is 35.4 Å². The van der Waals surface area contributed by atoms with Crippen molar-refractivity contribution >= 4 is 27.5 Å². The van der Waals surface area contributed by atoms with Gasteiger partial charge in [0.15, 0.2) is 11.5 Å². The molecule has 0 spiro atoms. The number of fused-ring (bicyclic) bond motifs is 1. The highest BCUT2D eigenvalue weighted by atomic mass is 32.2. The molecule has 1 aliphatic heterocycles. The summed E-state index contributed by atoms with van der Waals surface area (Å²) in [6.07, 6.45) is 0.248. The summed E-state index contributed by atoms with van der Waals surface area (Å²) >= 11 is 0. The monoisotopic (exact) mass is 655 g/mol. The minimum atomic E-state index is -4.23. The van der Waals surface area contributed by atoms with E-state index in [1.54, 1.807) is 36.4 Å². The first-order valence-electron chi connectivity index (χ1n) is 15.8. The van der Waals surface area contributed by atoms with Gasteiger partial charge in [0, 0.05) is 25.6 Å². The standard InChI is InChI=1S/C37H41N3O6S/c1-27(2)24-38-37(42)33(22-29-12-6-4-7-13-29)39(25-30-14-10-11-28(3)21-30)36(41)26-40(47(43,44)32-15-8-5-9-16-32)31-17-18-34-35(23-31)46-20-19-45-34/h4-18,21,23,27,33H,19-20,22,24-26H2,1-3H3,(H,38,42)/t33-/m1/s1. The zero-order valence-electron chi connectivity index (χ0n) is 27.0. The van der Waals surface area contributed by atoms with E-state index in [1.807, 2.05) is 75.4 Å². The van der Waals surface area contributed by atoms with Crippen LogP contribution in [0.5, 0.6) is 11.5 Å². The highest BCUT2D eigenvalue weighted by Gasteiger charge is 2.35. The number of hydrogen-bond donors (Lipinski definition) is 1. The number of amides is 2. The Morgan fingerprint density at radius 1 is 0.809 bits per heavy atom. The molecule has 0 saturated carbocycles. The van der Waals surface area contributed by atoms with Gasteiger partial charge in [0.2, 0.25) is 11.8 Å². The Balaban J connectivity index is 1.58. The molecule has 4 aromatic rings. The lowest BCUT2D eigenvalue weighted by Gasteiger charge is -2.34. The van der Waals surface area contributed by atoms with Crippen molar-refractivity contribution in [3.8, 4) is 11.5 Å². The number of nitrogens with one attached hydrogen (secondary N) is 1. The fourth-order valence-corrected chi connectivity index (χ4v) is 6.85. The third-order valence-corrected chi connectivity index (χ3v) is 9.60. The van der Waals surface area contributed by atoms with Crippen LogP contribution >= 0.6 is 0 Å². The summed E-state index contributed by atoms with van der Waals surface area (Å²) in [5.74, 6) is 0.246. The van der Waals surface area contributed by atoms with E-state index in [0.717, 1.165) is 21.0 Å². The van der Waals surface area contributed by atoms with Crippen LogP contribution in [-0.2, 0) is 32.6 Å². The molecule has 1 N–H and O–H groups in total. The number of sulfonamides is 1. The summed E-state index contributed by atoms with van der Waals surface area (Å²) in [6.45, 7) is 6.65. The molecule has 0 unspecified atom stereocenters. The first-order chi connectivity index (χ1) is 22.6. The molecule has 0 fully saturated rings. The molecule has 10 heteroatoms. The normalized spacial score (nSPS) is 13.1. The second-order valence-electron chi connectivity index (χ2n) is 12.0. The van der Waals surface area contributed by atoms with E-state index in [0.29, 0.717) is 31.3 Å². The van der Waals surface area contributed by atoms with Gasteiger partial charge in [-0.25, -0.2) is 8.42 Å². The third kappa shape index (κ3) is 8.51. The van der Waals surface area contributed by atoms with Crippen LogP contribution in [0.3, 0.4) is 0 Å². The minimum Gasteiger partial charge on any atom is -0.486 e. The van der Waals surface area contributed by atoms with Gasteiger partial charge in [-0.05, 0) is 48.2 Å². The topological polar surface area (TPSA) is 105 Å². The average Bonchev–Trinajstić information content (AvgIpc) is 3.08. The van der Waals surface area contributed by atoms with Crippen LogP contribution in [0.15, 0.2) is 108 Å². The van der Waals surface area contributed by atoms with E-state index in [4.69, 9.17) is 9.47 Å². The molecule has 5 rings (SSSR count). The maximum Gasteiger partial charge on any atom is 0.264 e. The van der Waals surface area contributed by atoms with Crippen LogP contribution in [-0.4, -0.2) is 57.5 Å². The maximum absolute atomic E-state index is 14.6. The maximum atomic E-state index is 14.6. The van der Waals surface area contributed by atoms with Gasteiger partial charge in [-0.3, -0.25) is 13.9 Å². The van der Waals surface area contributed by atoms with E-state index >= 15 is 0 Å². The summed E-state index contributed by atoms with van der Waals surface area (Å²) in [4.78, 5) is 30.1. The molecule has 246 valence electrons. The van der Waals surface area contributed by atoms with Gasteiger partial charge in [0.05, 0.1) is 10.6 Å². The zero-order chi connectivity index (χ0) is 33.4. The van der Waals surface area contributed by atoms with Gasteiger partial charge in [-0.2, -0.15) is 0 Å². The highest BCUT2D eigenvalue weighted by molar-refractivity contribution is 7.92. The van der Waals surface area contributed by atoms with Gasteiger partial charge in [-0.1, -0.05) is 92.2 Å².